The average molecular weight is 455 g/mol. The molecule has 2 atom stereocenters. The van der Waals surface area contributed by atoms with Crippen molar-refractivity contribution in [2.45, 2.75) is 26.1 Å². The molecule has 174 valence electrons. The average Bonchev–Trinajstić information content (AvgIpc) is 2.87. The Morgan fingerprint density at radius 3 is 1.03 bits per heavy atom. The molecule has 2 N–H and O–H groups in total. The minimum atomic E-state index is -0.0302. The van der Waals surface area contributed by atoms with E-state index in [0.717, 1.165) is 33.4 Å². The quantitative estimate of drug-likeness (QED) is 0.261. The maximum absolute atomic E-state index is 9.45. The van der Waals surface area contributed by atoms with E-state index in [1.165, 1.54) is 0 Å². The van der Waals surface area contributed by atoms with Gasteiger partial charge in [-0.25, -0.2) is 0 Å². The van der Waals surface area contributed by atoms with E-state index in [4.69, 9.17) is 9.47 Å². The van der Waals surface area contributed by atoms with Crippen LogP contribution in [-0.4, -0.2) is 23.4 Å². The van der Waals surface area contributed by atoms with Crippen molar-refractivity contribution in [1.82, 2.24) is 0 Å². The maximum Gasteiger partial charge on any atom is 0.115 e. The molecule has 0 bridgehead atoms. The Labute approximate surface area is 201 Å². The summed E-state index contributed by atoms with van der Waals surface area (Å²) in [5.74, 6) is 0.537. The molecule has 0 aliphatic heterocycles. The Kier molecular flexibility index (Phi) is 7.63. The Hall–Kier alpha value is -3.60. The van der Waals surface area contributed by atoms with Crippen LogP contribution >= 0.6 is 0 Å². The third-order valence-electron chi connectivity index (χ3n) is 5.98. The van der Waals surface area contributed by atoms with E-state index in [0.29, 0.717) is 13.2 Å². The van der Waals surface area contributed by atoms with Crippen molar-refractivity contribution >= 4 is 0 Å². The number of rotatable bonds is 9. The van der Waals surface area contributed by atoms with Gasteiger partial charge in [0.1, 0.15) is 11.5 Å². The summed E-state index contributed by atoms with van der Waals surface area (Å²) >= 11 is 0. The molecular formula is C30H30O4. The Morgan fingerprint density at radius 2 is 0.735 bits per heavy atom. The van der Waals surface area contributed by atoms with Gasteiger partial charge in [0, 0.05) is 0 Å². The van der Waals surface area contributed by atoms with Crippen LogP contribution in [0.2, 0.25) is 0 Å². The zero-order valence-electron chi connectivity index (χ0n) is 19.5. The molecule has 4 aromatic carbocycles. The molecule has 0 saturated carbocycles. The predicted molar refractivity (Wildman–Crippen MR) is 136 cm³/mol. The number of aromatic hydroxyl groups is 2. The van der Waals surface area contributed by atoms with Gasteiger partial charge in [-0.05, 0) is 71.5 Å². The molecule has 4 aromatic rings. The Balaban J connectivity index is 1.23. The van der Waals surface area contributed by atoms with Crippen molar-refractivity contribution in [3.05, 3.63) is 108 Å². The fraction of sp³-hybridized carbons (Fsp3) is 0.200. The van der Waals surface area contributed by atoms with Crippen LogP contribution in [0.15, 0.2) is 97.1 Å². The first-order chi connectivity index (χ1) is 16.5. The molecule has 0 aliphatic rings. The van der Waals surface area contributed by atoms with Crippen LogP contribution in [0.5, 0.6) is 11.5 Å². The lowest BCUT2D eigenvalue weighted by Gasteiger charge is -2.17. The van der Waals surface area contributed by atoms with Crippen molar-refractivity contribution in [1.29, 1.82) is 0 Å². The normalized spacial score (nSPS) is 12.9. The molecule has 4 heteroatoms. The van der Waals surface area contributed by atoms with Gasteiger partial charge in [0.05, 0.1) is 25.4 Å². The van der Waals surface area contributed by atoms with Crippen molar-refractivity contribution < 1.29 is 19.7 Å². The first kappa shape index (κ1) is 23.6. The van der Waals surface area contributed by atoms with Crippen LogP contribution in [0.1, 0.15) is 37.2 Å². The van der Waals surface area contributed by atoms with Crippen LogP contribution in [-0.2, 0) is 9.47 Å². The fourth-order valence-electron chi connectivity index (χ4n) is 3.84. The summed E-state index contributed by atoms with van der Waals surface area (Å²) in [6.07, 6.45) is -0.0604. The monoisotopic (exact) mass is 454 g/mol. The van der Waals surface area contributed by atoms with E-state index in [-0.39, 0.29) is 23.7 Å². The van der Waals surface area contributed by atoms with Gasteiger partial charge in [0.2, 0.25) is 0 Å². The summed E-state index contributed by atoms with van der Waals surface area (Å²) in [5, 5.41) is 18.9. The summed E-state index contributed by atoms with van der Waals surface area (Å²) in [5.41, 5.74) is 6.56. The third-order valence-corrected chi connectivity index (χ3v) is 5.98. The number of phenolic OH excluding ortho intramolecular Hbond substituents is 2. The molecule has 0 saturated heterocycles. The van der Waals surface area contributed by atoms with Gasteiger partial charge in [-0.2, -0.15) is 0 Å². The summed E-state index contributed by atoms with van der Waals surface area (Å²) in [7, 11) is 0. The molecule has 0 aliphatic carbocycles. The van der Waals surface area contributed by atoms with E-state index in [1.54, 1.807) is 24.3 Å². The highest BCUT2D eigenvalue weighted by Crippen LogP contribution is 2.26. The lowest BCUT2D eigenvalue weighted by Crippen LogP contribution is -2.10. The highest BCUT2D eigenvalue weighted by atomic mass is 16.5. The van der Waals surface area contributed by atoms with Gasteiger partial charge in [-0.15, -0.1) is 0 Å². The van der Waals surface area contributed by atoms with Crippen molar-refractivity contribution in [2.24, 2.45) is 0 Å². The molecule has 0 heterocycles. The molecule has 34 heavy (non-hydrogen) atoms. The SMILES string of the molecule is CC(OCCOC(C)c1ccc(-c2ccc(O)cc2)cc1)c1ccc(-c2ccc(O)cc2)cc1. The van der Waals surface area contributed by atoms with E-state index >= 15 is 0 Å². The van der Waals surface area contributed by atoms with Crippen LogP contribution in [0.25, 0.3) is 22.3 Å². The molecule has 0 aromatic heterocycles. The fourth-order valence-corrected chi connectivity index (χ4v) is 3.84. The first-order valence-electron chi connectivity index (χ1n) is 11.5. The minimum Gasteiger partial charge on any atom is -0.508 e. The molecule has 0 spiro atoms. The van der Waals surface area contributed by atoms with Crippen molar-refractivity contribution in [3.63, 3.8) is 0 Å². The molecule has 2 unspecified atom stereocenters. The molecule has 0 radical (unpaired) electrons. The summed E-state index contributed by atoms with van der Waals surface area (Å²) < 4.78 is 12.0. The highest BCUT2D eigenvalue weighted by Gasteiger charge is 2.09. The zero-order chi connectivity index (χ0) is 23.9. The van der Waals surface area contributed by atoms with Gasteiger partial charge >= 0.3 is 0 Å². The van der Waals surface area contributed by atoms with E-state index in [1.807, 2.05) is 38.1 Å². The summed E-state index contributed by atoms with van der Waals surface area (Å²) in [6, 6.07) is 31.0. The molecular weight excluding hydrogens is 424 g/mol. The molecule has 0 fully saturated rings. The highest BCUT2D eigenvalue weighted by molar-refractivity contribution is 5.65. The molecule has 4 rings (SSSR count). The standard InChI is InChI=1S/C30H30O4/c1-21(23-3-7-25(8-4-23)27-11-15-29(31)16-12-27)33-19-20-34-22(2)24-5-9-26(10-6-24)28-13-17-30(32)18-14-28/h3-18,21-22,31-32H,19-20H2,1-2H3. The number of phenols is 2. The number of benzene rings is 4. The second-order valence-electron chi connectivity index (χ2n) is 8.36. The van der Waals surface area contributed by atoms with Crippen LogP contribution in [0.4, 0.5) is 0 Å². The number of hydrogen-bond donors (Lipinski definition) is 2. The van der Waals surface area contributed by atoms with Crippen molar-refractivity contribution in [2.75, 3.05) is 13.2 Å². The summed E-state index contributed by atoms with van der Waals surface area (Å²) in [6.45, 7) is 5.11. The minimum absolute atomic E-state index is 0.0302. The van der Waals surface area contributed by atoms with Crippen LogP contribution in [0.3, 0.4) is 0 Å². The van der Waals surface area contributed by atoms with Gasteiger partial charge in [-0.1, -0.05) is 72.8 Å². The largest absolute Gasteiger partial charge is 0.508 e. The van der Waals surface area contributed by atoms with E-state index in [9.17, 15) is 10.2 Å². The van der Waals surface area contributed by atoms with Gasteiger partial charge in [-0.3, -0.25) is 0 Å². The number of ether oxygens (including phenoxy) is 2. The van der Waals surface area contributed by atoms with Crippen LogP contribution in [0, 0.1) is 0 Å². The Bertz CT molecular complexity index is 1070. The van der Waals surface area contributed by atoms with Gasteiger partial charge in [0.25, 0.3) is 0 Å². The Morgan fingerprint density at radius 1 is 0.471 bits per heavy atom. The van der Waals surface area contributed by atoms with Crippen molar-refractivity contribution in [3.8, 4) is 33.8 Å². The van der Waals surface area contributed by atoms with Crippen LogP contribution < -0.4 is 0 Å². The maximum atomic E-state index is 9.45. The second-order valence-corrected chi connectivity index (χ2v) is 8.36. The first-order valence-corrected chi connectivity index (χ1v) is 11.5. The van der Waals surface area contributed by atoms with E-state index in [2.05, 4.69) is 48.5 Å². The zero-order valence-corrected chi connectivity index (χ0v) is 19.5. The smallest absolute Gasteiger partial charge is 0.115 e. The number of hydrogen-bond acceptors (Lipinski definition) is 4. The molecule has 0 amide bonds. The molecule has 4 nitrogen and oxygen atoms in total. The van der Waals surface area contributed by atoms with Gasteiger partial charge in [0.15, 0.2) is 0 Å². The van der Waals surface area contributed by atoms with E-state index < -0.39 is 0 Å². The summed E-state index contributed by atoms with van der Waals surface area (Å²) in [4.78, 5) is 0. The predicted octanol–water partition coefficient (Wildman–Crippen LogP) is 7.29. The third kappa shape index (κ3) is 6.04. The topological polar surface area (TPSA) is 58.9 Å². The lowest BCUT2D eigenvalue weighted by molar-refractivity contribution is -0.0132. The lowest BCUT2D eigenvalue weighted by atomic mass is 10.0. The second kappa shape index (κ2) is 11.0. The van der Waals surface area contributed by atoms with Gasteiger partial charge < -0.3 is 19.7 Å².